The summed E-state index contributed by atoms with van der Waals surface area (Å²) in [6.45, 7) is 6.63. The molecule has 1 aliphatic heterocycles. The van der Waals surface area contributed by atoms with Gasteiger partial charge in [-0.1, -0.05) is 29.8 Å². The lowest BCUT2D eigenvalue weighted by molar-refractivity contribution is 0.312. The largest absolute Gasteiger partial charge is 0.365 e. The topological polar surface area (TPSA) is 68.1 Å². The predicted molar refractivity (Wildman–Crippen MR) is 98.1 cm³/mol. The van der Waals surface area contributed by atoms with Gasteiger partial charge < -0.3 is 20.5 Å². The summed E-state index contributed by atoms with van der Waals surface area (Å²) < 4.78 is 0. The van der Waals surface area contributed by atoms with Crippen LogP contribution in [0.15, 0.2) is 30.6 Å². The van der Waals surface area contributed by atoms with E-state index in [-0.39, 0.29) is 0 Å². The minimum Gasteiger partial charge on any atom is -0.365 e. The highest BCUT2D eigenvalue weighted by Gasteiger charge is 2.19. The summed E-state index contributed by atoms with van der Waals surface area (Å²) >= 11 is 0. The van der Waals surface area contributed by atoms with Gasteiger partial charge in [0.1, 0.15) is 18.0 Å². The molecule has 2 aromatic rings. The van der Waals surface area contributed by atoms with E-state index < -0.39 is 0 Å². The van der Waals surface area contributed by atoms with Crippen molar-refractivity contribution in [3.63, 3.8) is 0 Å². The quantitative estimate of drug-likeness (QED) is 0.825. The van der Waals surface area contributed by atoms with Crippen LogP contribution in [0.25, 0.3) is 0 Å². The first-order valence-corrected chi connectivity index (χ1v) is 8.26. The van der Waals surface area contributed by atoms with Gasteiger partial charge in [0.05, 0.1) is 5.56 Å². The second kappa shape index (κ2) is 7.40. The molecule has 2 heterocycles. The lowest BCUT2D eigenvalue weighted by atomic mass is 10.1. The van der Waals surface area contributed by atoms with Crippen LogP contribution >= 0.6 is 0 Å². The zero-order valence-corrected chi connectivity index (χ0v) is 14.3. The van der Waals surface area contributed by atoms with E-state index in [9.17, 15) is 0 Å². The van der Waals surface area contributed by atoms with Gasteiger partial charge in [0, 0.05) is 38.9 Å². The number of hydrogen-bond donors (Lipinski definition) is 2. The normalized spacial score (nSPS) is 15.3. The summed E-state index contributed by atoms with van der Waals surface area (Å²) in [7, 11) is 2.13. The monoisotopic (exact) mass is 324 g/mol. The molecule has 1 aromatic carbocycles. The van der Waals surface area contributed by atoms with E-state index in [1.54, 1.807) is 6.33 Å². The Morgan fingerprint density at radius 3 is 2.71 bits per heavy atom. The van der Waals surface area contributed by atoms with Crippen LogP contribution in [-0.2, 0) is 6.54 Å². The van der Waals surface area contributed by atoms with Gasteiger partial charge in [0.15, 0.2) is 0 Å². The zero-order chi connectivity index (χ0) is 16.9. The Hall–Kier alpha value is -2.47. The van der Waals surface area contributed by atoms with Gasteiger partial charge in [-0.15, -0.1) is 0 Å². The molecule has 3 rings (SSSR count). The molecule has 126 valence electrons. The number of piperazine rings is 1. The first-order valence-electron chi connectivity index (χ1n) is 8.26. The van der Waals surface area contributed by atoms with E-state index in [1.807, 2.05) is 0 Å². The first kappa shape index (κ1) is 16.4. The SMILES string of the molecule is Cc1cccc(CNc2ncnc(N3CCN(C)CC3)c2C=N)c1. The van der Waals surface area contributed by atoms with Crippen LogP contribution in [0.5, 0.6) is 0 Å². The molecule has 1 fully saturated rings. The van der Waals surface area contributed by atoms with E-state index in [2.05, 4.69) is 63.3 Å². The Bertz CT molecular complexity index is 706. The molecule has 1 saturated heterocycles. The lowest BCUT2D eigenvalue weighted by Gasteiger charge is -2.34. The molecule has 0 spiro atoms. The molecule has 2 N–H and O–H groups in total. The summed E-state index contributed by atoms with van der Waals surface area (Å²) in [4.78, 5) is 13.3. The Morgan fingerprint density at radius 2 is 2.00 bits per heavy atom. The number of benzene rings is 1. The molecule has 0 amide bonds. The van der Waals surface area contributed by atoms with Gasteiger partial charge in [-0.2, -0.15) is 0 Å². The lowest BCUT2D eigenvalue weighted by Crippen LogP contribution is -2.45. The predicted octanol–water partition coefficient (Wildman–Crippen LogP) is 2.15. The van der Waals surface area contributed by atoms with Crippen LogP contribution in [0.2, 0.25) is 0 Å². The maximum atomic E-state index is 7.82. The van der Waals surface area contributed by atoms with Crippen molar-refractivity contribution in [2.75, 3.05) is 43.4 Å². The highest BCUT2D eigenvalue weighted by atomic mass is 15.3. The number of nitrogens with one attached hydrogen (secondary N) is 2. The number of anilines is 2. The third-order valence-corrected chi connectivity index (χ3v) is 4.35. The van der Waals surface area contributed by atoms with Gasteiger partial charge >= 0.3 is 0 Å². The molecule has 0 saturated carbocycles. The van der Waals surface area contributed by atoms with Gasteiger partial charge in [-0.25, -0.2) is 9.97 Å². The molecular weight excluding hydrogens is 300 g/mol. The third kappa shape index (κ3) is 3.71. The van der Waals surface area contributed by atoms with E-state index in [0.717, 1.165) is 43.4 Å². The standard InChI is InChI=1S/C18H24N6/c1-14-4-3-5-15(10-14)12-20-17-16(11-19)18(22-13-21-17)24-8-6-23(2)7-9-24/h3-5,10-11,13,19H,6-9,12H2,1-2H3,(H,20,21,22). The second-order valence-electron chi connectivity index (χ2n) is 6.24. The van der Waals surface area contributed by atoms with Gasteiger partial charge in [-0.05, 0) is 19.5 Å². The Balaban J connectivity index is 1.78. The van der Waals surface area contributed by atoms with Crippen LogP contribution in [-0.4, -0.2) is 54.3 Å². The van der Waals surface area contributed by atoms with E-state index in [0.29, 0.717) is 6.54 Å². The number of aromatic nitrogens is 2. The Kier molecular flexibility index (Phi) is 5.05. The minimum absolute atomic E-state index is 0.682. The molecule has 0 atom stereocenters. The van der Waals surface area contributed by atoms with Crippen molar-refractivity contribution in [1.29, 1.82) is 5.41 Å². The summed E-state index contributed by atoms with van der Waals surface area (Å²) in [5.74, 6) is 1.57. The molecule has 24 heavy (non-hydrogen) atoms. The molecule has 6 heteroatoms. The molecule has 1 aromatic heterocycles. The zero-order valence-electron chi connectivity index (χ0n) is 14.3. The van der Waals surface area contributed by atoms with Crippen LogP contribution in [0, 0.1) is 12.3 Å². The van der Waals surface area contributed by atoms with Crippen molar-refractivity contribution in [3.8, 4) is 0 Å². The van der Waals surface area contributed by atoms with E-state index >= 15 is 0 Å². The molecule has 0 radical (unpaired) electrons. The van der Waals surface area contributed by atoms with E-state index in [4.69, 9.17) is 5.41 Å². The van der Waals surface area contributed by atoms with Crippen LogP contribution in [0.1, 0.15) is 16.7 Å². The number of aryl methyl sites for hydroxylation is 1. The molecular formula is C18H24N6. The average molecular weight is 324 g/mol. The van der Waals surface area contributed by atoms with Crippen molar-refractivity contribution in [2.24, 2.45) is 0 Å². The summed E-state index contributed by atoms with van der Waals surface area (Å²) in [6.07, 6.45) is 2.94. The fourth-order valence-corrected chi connectivity index (χ4v) is 2.94. The number of hydrogen-bond acceptors (Lipinski definition) is 6. The van der Waals surface area contributed by atoms with Crippen LogP contribution < -0.4 is 10.2 Å². The summed E-state index contributed by atoms with van der Waals surface area (Å²) in [6, 6.07) is 8.38. The molecule has 0 aliphatic carbocycles. The van der Waals surface area contributed by atoms with Crippen LogP contribution in [0.3, 0.4) is 0 Å². The van der Waals surface area contributed by atoms with Crippen molar-refractivity contribution >= 4 is 17.9 Å². The van der Waals surface area contributed by atoms with Crippen LogP contribution in [0.4, 0.5) is 11.6 Å². The fourth-order valence-electron chi connectivity index (χ4n) is 2.94. The van der Waals surface area contributed by atoms with Gasteiger partial charge in [0.25, 0.3) is 0 Å². The Morgan fingerprint density at radius 1 is 1.21 bits per heavy atom. The maximum Gasteiger partial charge on any atom is 0.143 e. The van der Waals surface area contributed by atoms with Crippen molar-refractivity contribution < 1.29 is 0 Å². The van der Waals surface area contributed by atoms with Gasteiger partial charge in [0.2, 0.25) is 0 Å². The minimum atomic E-state index is 0.682. The summed E-state index contributed by atoms with van der Waals surface area (Å²) in [5.41, 5.74) is 3.20. The first-order chi connectivity index (χ1) is 11.7. The van der Waals surface area contributed by atoms with Gasteiger partial charge in [-0.3, -0.25) is 0 Å². The third-order valence-electron chi connectivity index (χ3n) is 4.35. The number of nitrogens with zero attached hydrogens (tertiary/aromatic N) is 4. The Labute approximate surface area is 143 Å². The second-order valence-corrected chi connectivity index (χ2v) is 6.24. The van der Waals surface area contributed by atoms with Crippen molar-refractivity contribution in [2.45, 2.75) is 13.5 Å². The van der Waals surface area contributed by atoms with E-state index in [1.165, 1.54) is 17.3 Å². The molecule has 6 nitrogen and oxygen atoms in total. The molecule has 1 aliphatic rings. The maximum absolute atomic E-state index is 7.82. The number of likely N-dealkylation sites (N-methyl/N-ethyl adjacent to an activating group) is 1. The highest BCUT2D eigenvalue weighted by Crippen LogP contribution is 2.23. The molecule has 0 bridgehead atoms. The average Bonchev–Trinajstić information content (AvgIpc) is 2.60. The smallest absolute Gasteiger partial charge is 0.143 e. The molecule has 0 unspecified atom stereocenters. The number of rotatable bonds is 5. The highest BCUT2D eigenvalue weighted by molar-refractivity contribution is 5.91. The summed E-state index contributed by atoms with van der Waals surface area (Å²) in [5, 5.41) is 11.2. The fraction of sp³-hybridized carbons (Fsp3) is 0.389. The van der Waals surface area contributed by atoms with Crippen molar-refractivity contribution in [3.05, 3.63) is 47.3 Å². The van der Waals surface area contributed by atoms with Crippen molar-refractivity contribution in [1.82, 2.24) is 14.9 Å².